The Morgan fingerprint density at radius 3 is 2.73 bits per heavy atom. The monoisotopic (exact) mass is 334 g/mol. The summed E-state index contributed by atoms with van der Waals surface area (Å²) in [4.78, 5) is 17.6. The normalized spacial score (nSPS) is 10.1. The molecule has 0 radical (unpaired) electrons. The van der Waals surface area contributed by atoms with Crippen LogP contribution in [0.4, 0.5) is 0 Å². The molecule has 0 aliphatic rings. The highest BCUT2D eigenvalue weighted by Crippen LogP contribution is 2.21. The first-order valence-electron chi connectivity index (χ1n) is 4.62. The summed E-state index contributed by atoms with van der Waals surface area (Å²) in [6.45, 7) is 2.80. The summed E-state index contributed by atoms with van der Waals surface area (Å²) in [6, 6.07) is 1.77. The predicted molar refractivity (Wildman–Crippen MR) is 66.9 cm³/mol. The van der Waals surface area contributed by atoms with Gasteiger partial charge < -0.3 is 4.90 Å². The smallest absolute Gasteiger partial charge is 0.255 e. The SMILES string of the molecule is CCCN(C)C(=O)c1cnc(Br)c(Br)c1. The van der Waals surface area contributed by atoms with Gasteiger partial charge in [-0.3, -0.25) is 4.79 Å². The van der Waals surface area contributed by atoms with Gasteiger partial charge in [0.25, 0.3) is 5.91 Å². The second-order valence-corrected chi connectivity index (χ2v) is 4.83. The number of hydrogen-bond donors (Lipinski definition) is 0. The van der Waals surface area contributed by atoms with Crippen LogP contribution < -0.4 is 0 Å². The second kappa shape index (κ2) is 5.61. The van der Waals surface area contributed by atoms with Crippen molar-refractivity contribution < 1.29 is 4.79 Å². The van der Waals surface area contributed by atoms with Crippen LogP contribution in [-0.2, 0) is 0 Å². The summed E-state index contributed by atoms with van der Waals surface area (Å²) in [6.07, 6.45) is 2.52. The molecule has 5 heteroatoms. The van der Waals surface area contributed by atoms with Crippen LogP contribution in [0, 0.1) is 0 Å². The first kappa shape index (κ1) is 12.6. The summed E-state index contributed by atoms with van der Waals surface area (Å²) >= 11 is 6.59. The molecule has 15 heavy (non-hydrogen) atoms. The van der Waals surface area contributed by atoms with Crippen LogP contribution >= 0.6 is 31.9 Å². The third kappa shape index (κ3) is 3.28. The summed E-state index contributed by atoms with van der Waals surface area (Å²) in [7, 11) is 1.79. The zero-order valence-corrected chi connectivity index (χ0v) is 11.8. The number of aromatic nitrogens is 1. The van der Waals surface area contributed by atoms with Crippen molar-refractivity contribution in [2.75, 3.05) is 13.6 Å². The Hall–Kier alpha value is -0.420. The Morgan fingerprint density at radius 2 is 2.20 bits per heavy atom. The van der Waals surface area contributed by atoms with Gasteiger partial charge in [0.1, 0.15) is 4.60 Å². The number of carbonyl (C=O) groups is 1. The summed E-state index contributed by atoms with van der Waals surface area (Å²) in [5.41, 5.74) is 0.598. The van der Waals surface area contributed by atoms with Crippen LogP contribution in [0.25, 0.3) is 0 Å². The molecule has 0 unspecified atom stereocenters. The van der Waals surface area contributed by atoms with Gasteiger partial charge in [-0.05, 0) is 44.3 Å². The lowest BCUT2D eigenvalue weighted by atomic mass is 10.2. The van der Waals surface area contributed by atoms with Crippen LogP contribution in [-0.4, -0.2) is 29.4 Å². The van der Waals surface area contributed by atoms with Gasteiger partial charge in [-0.1, -0.05) is 6.92 Å². The fourth-order valence-corrected chi connectivity index (χ4v) is 1.76. The van der Waals surface area contributed by atoms with Crippen molar-refractivity contribution in [2.24, 2.45) is 0 Å². The molecule has 0 atom stereocenters. The molecule has 1 aromatic rings. The van der Waals surface area contributed by atoms with E-state index in [2.05, 4.69) is 36.8 Å². The maximum Gasteiger partial charge on any atom is 0.255 e. The Kier molecular flexibility index (Phi) is 4.73. The number of amides is 1. The first-order valence-corrected chi connectivity index (χ1v) is 6.21. The molecule has 0 fully saturated rings. The van der Waals surface area contributed by atoms with Crippen molar-refractivity contribution in [1.29, 1.82) is 0 Å². The minimum Gasteiger partial charge on any atom is -0.342 e. The average molecular weight is 336 g/mol. The fraction of sp³-hybridized carbons (Fsp3) is 0.400. The Morgan fingerprint density at radius 1 is 1.53 bits per heavy atom. The number of rotatable bonds is 3. The van der Waals surface area contributed by atoms with E-state index in [4.69, 9.17) is 0 Å². The molecular weight excluding hydrogens is 324 g/mol. The van der Waals surface area contributed by atoms with Crippen LogP contribution in [0.2, 0.25) is 0 Å². The highest BCUT2D eigenvalue weighted by Gasteiger charge is 2.12. The molecule has 0 N–H and O–H groups in total. The molecule has 0 saturated carbocycles. The van der Waals surface area contributed by atoms with Gasteiger partial charge in [0.05, 0.1) is 10.0 Å². The summed E-state index contributed by atoms with van der Waals surface area (Å²) in [5.74, 6) is -0.00227. The van der Waals surface area contributed by atoms with E-state index >= 15 is 0 Å². The zero-order chi connectivity index (χ0) is 11.4. The molecule has 82 valence electrons. The van der Waals surface area contributed by atoms with Crippen molar-refractivity contribution in [3.05, 3.63) is 26.9 Å². The number of halogens is 2. The molecule has 1 aromatic heterocycles. The van der Waals surface area contributed by atoms with Gasteiger partial charge in [-0.15, -0.1) is 0 Å². The molecular formula is C10H12Br2N2O. The van der Waals surface area contributed by atoms with Gasteiger partial charge in [-0.2, -0.15) is 0 Å². The molecule has 0 aromatic carbocycles. The van der Waals surface area contributed by atoms with Gasteiger partial charge in [-0.25, -0.2) is 4.98 Å². The minimum absolute atomic E-state index is 0.00227. The van der Waals surface area contributed by atoms with Gasteiger partial charge >= 0.3 is 0 Å². The molecule has 0 spiro atoms. The van der Waals surface area contributed by atoms with E-state index in [1.807, 2.05) is 6.92 Å². The molecule has 0 aliphatic carbocycles. The number of carbonyl (C=O) groups excluding carboxylic acids is 1. The number of hydrogen-bond acceptors (Lipinski definition) is 2. The molecule has 1 rings (SSSR count). The van der Waals surface area contributed by atoms with Crippen LogP contribution in [0.1, 0.15) is 23.7 Å². The molecule has 1 heterocycles. The van der Waals surface area contributed by atoms with Crippen LogP contribution in [0.3, 0.4) is 0 Å². The van der Waals surface area contributed by atoms with E-state index in [0.717, 1.165) is 17.4 Å². The zero-order valence-electron chi connectivity index (χ0n) is 8.63. The van der Waals surface area contributed by atoms with E-state index in [1.54, 1.807) is 24.2 Å². The van der Waals surface area contributed by atoms with E-state index in [-0.39, 0.29) is 5.91 Å². The quantitative estimate of drug-likeness (QED) is 0.795. The lowest BCUT2D eigenvalue weighted by molar-refractivity contribution is 0.0794. The highest BCUT2D eigenvalue weighted by atomic mass is 79.9. The summed E-state index contributed by atoms with van der Waals surface area (Å²) in [5, 5.41) is 0. The first-order chi connectivity index (χ1) is 7.06. The molecule has 1 amide bonds. The van der Waals surface area contributed by atoms with Crippen LogP contribution in [0.15, 0.2) is 21.3 Å². The largest absolute Gasteiger partial charge is 0.342 e. The summed E-state index contributed by atoms with van der Waals surface area (Å²) < 4.78 is 1.50. The fourth-order valence-electron chi connectivity index (χ4n) is 1.20. The van der Waals surface area contributed by atoms with Gasteiger partial charge in [0, 0.05) is 19.8 Å². The third-order valence-electron chi connectivity index (χ3n) is 1.95. The number of pyridine rings is 1. The maximum atomic E-state index is 11.8. The predicted octanol–water partition coefficient (Wildman–Crippen LogP) is 3.09. The van der Waals surface area contributed by atoms with Gasteiger partial charge in [0.2, 0.25) is 0 Å². The van der Waals surface area contributed by atoms with Crippen LogP contribution in [0.5, 0.6) is 0 Å². The third-order valence-corrected chi connectivity index (χ3v) is 3.72. The molecule has 0 bridgehead atoms. The standard InChI is InChI=1S/C10H12Br2N2O/c1-3-4-14(2)10(15)7-5-8(11)9(12)13-6-7/h5-6H,3-4H2,1-2H3. The van der Waals surface area contributed by atoms with E-state index in [9.17, 15) is 4.79 Å². The highest BCUT2D eigenvalue weighted by molar-refractivity contribution is 9.13. The molecule has 0 saturated heterocycles. The Balaban J connectivity index is 2.87. The average Bonchev–Trinajstić information content (AvgIpc) is 2.21. The lowest BCUT2D eigenvalue weighted by Crippen LogP contribution is -2.27. The maximum absolute atomic E-state index is 11.8. The van der Waals surface area contributed by atoms with Crippen molar-refractivity contribution in [1.82, 2.24) is 9.88 Å². The second-order valence-electron chi connectivity index (χ2n) is 3.22. The van der Waals surface area contributed by atoms with E-state index < -0.39 is 0 Å². The van der Waals surface area contributed by atoms with Crippen molar-refractivity contribution >= 4 is 37.8 Å². The van der Waals surface area contributed by atoms with E-state index in [0.29, 0.717) is 10.2 Å². The van der Waals surface area contributed by atoms with Crippen molar-refractivity contribution in [3.8, 4) is 0 Å². The molecule has 0 aliphatic heterocycles. The molecule has 3 nitrogen and oxygen atoms in total. The Labute approximate surface area is 106 Å². The minimum atomic E-state index is -0.00227. The van der Waals surface area contributed by atoms with Crippen molar-refractivity contribution in [2.45, 2.75) is 13.3 Å². The Bertz CT molecular complexity index is 368. The topological polar surface area (TPSA) is 33.2 Å². The van der Waals surface area contributed by atoms with Crippen molar-refractivity contribution in [3.63, 3.8) is 0 Å². The lowest BCUT2D eigenvalue weighted by Gasteiger charge is -2.15. The van der Waals surface area contributed by atoms with Gasteiger partial charge in [0.15, 0.2) is 0 Å². The van der Waals surface area contributed by atoms with E-state index in [1.165, 1.54) is 0 Å². The number of nitrogens with zero attached hydrogens (tertiary/aromatic N) is 2.